The van der Waals surface area contributed by atoms with Crippen molar-refractivity contribution in [1.82, 2.24) is 10.3 Å². The Morgan fingerprint density at radius 2 is 1.80 bits per heavy atom. The molecule has 1 aromatic heterocycles. The zero-order valence-electron chi connectivity index (χ0n) is 17.9. The van der Waals surface area contributed by atoms with Gasteiger partial charge >= 0.3 is 0 Å². The maximum absolute atomic E-state index is 12.8. The molecule has 2 fully saturated rings. The minimum atomic E-state index is -0.996. The first-order chi connectivity index (χ1) is 14.2. The van der Waals surface area contributed by atoms with Crippen LogP contribution in [0.4, 0.5) is 0 Å². The van der Waals surface area contributed by atoms with Crippen molar-refractivity contribution in [1.29, 1.82) is 0 Å². The lowest BCUT2D eigenvalue weighted by Gasteiger charge is -2.36. The van der Waals surface area contributed by atoms with Gasteiger partial charge in [-0.3, -0.25) is 9.59 Å². The highest BCUT2D eigenvalue weighted by molar-refractivity contribution is 5.82. The van der Waals surface area contributed by atoms with E-state index in [9.17, 15) is 14.7 Å². The quantitative estimate of drug-likeness (QED) is 0.723. The fourth-order valence-electron chi connectivity index (χ4n) is 4.23. The highest BCUT2D eigenvalue weighted by Gasteiger charge is 2.38. The number of aliphatic hydroxyl groups is 1. The van der Waals surface area contributed by atoms with Crippen LogP contribution in [-0.4, -0.2) is 22.0 Å². The molecule has 1 aliphatic carbocycles. The Morgan fingerprint density at radius 1 is 1.10 bits per heavy atom. The number of benzene rings is 1. The first-order valence-corrected chi connectivity index (χ1v) is 10.7. The third kappa shape index (κ3) is 3.99. The smallest absolute Gasteiger partial charge is 0.254 e. The highest BCUT2D eigenvalue weighted by atomic mass is 16.3. The lowest BCUT2D eigenvalue weighted by atomic mass is 9.75. The summed E-state index contributed by atoms with van der Waals surface area (Å²) in [6.45, 7) is 6.52. The van der Waals surface area contributed by atoms with Gasteiger partial charge in [-0.2, -0.15) is 0 Å². The second kappa shape index (κ2) is 7.55. The van der Waals surface area contributed by atoms with E-state index in [4.69, 9.17) is 0 Å². The molecule has 4 rings (SSSR count). The van der Waals surface area contributed by atoms with Crippen LogP contribution in [0.15, 0.2) is 47.3 Å². The van der Waals surface area contributed by atoms with Crippen molar-refractivity contribution in [2.75, 3.05) is 0 Å². The maximum Gasteiger partial charge on any atom is 0.254 e. The molecule has 2 aromatic rings. The van der Waals surface area contributed by atoms with Gasteiger partial charge < -0.3 is 15.4 Å². The molecule has 30 heavy (non-hydrogen) atoms. The van der Waals surface area contributed by atoms with E-state index in [0.29, 0.717) is 30.5 Å². The van der Waals surface area contributed by atoms with E-state index < -0.39 is 5.60 Å². The van der Waals surface area contributed by atoms with Crippen LogP contribution < -0.4 is 10.9 Å². The Morgan fingerprint density at radius 3 is 2.30 bits per heavy atom. The molecule has 3 N–H and O–H groups in total. The van der Waals surface area contributed by atoms with Crippen LogP contribution in [0.2, 0.25) is 0 Å². The van der Waals surface area contributed by atoms with Crippen LogP contribution in [0.1, 0.15) is 75.3 Å². The second-order valence-electron chi connectivity index (χ2n) is 9.62. The molecule has 0 bridgehead atoms. The van der Waals surface area contributed by atoms with Gasteiger partial charge in [0.25, 0.3) is 5.56 Å². The molecule has 0 radical (unpaired) electrons. The Bertz CT molecular complexity index is 1040. The fraction of sp³-hybridized carbons (Fsp3) is 0.440. The summed E-state index contributed by atoms with van der Waals surface area (Å²) in [7, 11) is 0. The maximum atomic E-state index is 12.8. The van der Waals surface area contributed by atoms with Gasteiger partial charge in [0.05, 0.1) is 5.60 Å². The van der Waals surface area contributed by atoms with Crippen LogP contribution in [-0.2, 0) is 15.8 Å². The number of hydrogen-bond acceptors (Lipinski definition) is 3. The van der Waals surface area contributed by atoms with Crippen LogP contribution in [0, 0.1) is 0 Å². The standard InChI is InChI=1S/C25H30N2O3/c1-24(2,3)17-7-5-16(6-8-17)19(15-18-9-12-22(28)26-18)21-11-10-20(23(29)27-21)25(30)13-4-14-25/h5-8,10-11,15,18,30H,4,9,12-14H2,1-3H3,(H,26,28)(H,27,29)/t18-/m1/s1. The molecule has 158 valence electrons. The number of aromatic amines is 1. The molecule has 0 unspecified atom stereocenters. The number of aromatic nitrogens is 1. The first kappa shape index (κ1) is 20.6. The number of pyridine rings is 1. The van der Waals surface area contributed by atoms with Gasteiger partial charge in [0.1, 0.15) is 0 Å². The van der Waals surface area contributed by atoms with Crippen molar-refractivity contribution in [3.8, 4) is 0 Å². The zero-order chi connectivity index (χ0) is 21.5. The van der Waals surface area contributed by atoms with Crippen molar-refractivity contribution in [3.63, 3.8) is 0 Å². The molecule has 1 aromatic carbocycles. The number of hydrogen-bond donors (Lipinski definition) is 3. The number of H-pyrrole nitrogens is 1. The summed E-state index contributed by atoms with van der Waals surface area (Å²) in [6.07, 6.45) is 5.47. The average molecular weight is 407 g/mol. The lowest BCUT2D eigenvalue weighted by Crippen LogP contribution is -2.39. The number of carbonyl (C=O) groups excluding carboxylic acids is 1. The van der Waals surface area contributed by atoms with Crippen LogP contribution in [0.3, 0.4) is 0 Å². The minimum absolute atomic E-state index is 0.0507. The highest BCUT2D eigenvalue weighted by Crippen LogP contribution is 2.39. The van der Waals surface area contributed by atoms with Gasteiger partial charge in [-0.15, -0.1) is 0 Å². The topological polar surface area (TPSA) is 82.2 Å². The Balaban J connectivity index is 1.74. The summed E-state index contributed by atoms with van der Waals surface area (Å²) in [5, 5.41) is 13.6. The summed E-state index contributed by atoms with van der Waals surface area (Å²) in [5.41, 5.74) is 3.03. The largest absolute Gasteiger partial charge is 0.385 e. The van der Waals surface area contributed by atoms with Gasteiger partial charge in [0.2, 0.25) is 5.91 Å². The van der Waals surface area contributed by atoms with Crippen molar-refractivity contribution in [2.45, 2.75) is 69.9 Å². The molecule has 1 saturated heterocycles. The van der Waals surface area contributed by atoms with E-state index in [1.54, 1.807) is 6.07 Å². The summed E-state index contributed by atoms with van der Waals surface area (Å²) >= 11 is 0. The van der Waals surface area contributed by atoms with Gasteiger partial charge in [0, 0.05) is 29.3 Å². The molecule has 5 nitrogen and oxygen atoms in total. The Kier molecular flexibility index (Phi) is 5.18. The van der Waals surface area contributed by atoms with E-state index in [0.717, 1.165) is 24.0 Å². The SMILES string of the molecule is CC(C)(C)c1ccc(C(=C[C@H]2CCC(=O)N2)c2ccc(C3(O)CCC3)c(=O)[nH]2)cc1. The van der Waals surface area contributed by atoms with Crippen LogP contribution >= 0.6 is 0 Å². The number of carbonyl (C=O) groups is 1. The summed E-state index contributed by atoms with van der Waals surface area (Å²) in [5.74, 6) is 0.0507. The monoisotopic (exact) mass is 406 g/mol. The van der Waals surface area contributed by atoms with E-state index in [-0.39, 0.29) is 22.9 Å². The van der Waals surface area contributed by atoms with E-state index >= 15 is 0 Å². The molecule has 2 aliphatic rings. The molecule has 2 heterocycles. The molecule has 1 aliphatic heterocycles. The summed E-state index contributed by atoms with van der Waals surface area (Å²) < 4.78 is 0. The lowest BCUT2D eigenvalue weighted by molar-refractivity contribution is -0.119. The van der Waals surface area contributed by atoms with Crippen LogP contribution in [0.25, 0.3) is 5.57 Å². The minimum Gasteiger partial charge on any atom is -0.385 e. The predicted octanol–water partition coefficient (Wildman–Crippen LogP) is 3.75. The van der Waals surface area contributed by atoms with Gasteiger partial charge in [-0.05, 0) is 54.4 Å². The number of rotatable bonds is 4. The zero-order valence-corrected chi connectivity index (χ0v) is 17.9. The molecular weight excluding hydrogens is 376 g/mol. The molecule has 0 spiro atoms. The third-order valence-electron chi connectivity index (χ3n) is 6.34. The predicted molar refractivity (Wildman–Crippen MR) is 118 cm³/mol. The number of amides is 1. The summed E-state index contributed by atoms with van der Waals surface area (Å²) in [6, 6.07) is 11.9. The van der Waals surface area contributed by atoms with E-state index in [2.05, 4.69) is 55.3 Å². The Hall–Kier alpha value is -2.66. The average Bonchev–Trinajstić information content (AvgIpc) is 3.08. The Labute approximate surface area is 177 Å². The molecule has 5 heteroatoms. The fourth-order valence-corrected chi connectivity index (χ4v) is 4.23. The normalized spacial score (nSPS) is 21.3. The molecule has 1 amide bonds. The van der Waals surface area contributed by atoms with E-state index in [1.807, 2.05) is 12.1 Å². The third-order valence-corrected chi connectivity index (χ3v) is 6.34. The van der Waals surface area contributed by atoms with Crippen molar-refractivity contribution >= 4 is 11.5 Å². The van der Waals surface area contributed by atoms with Gasteiger partial charge in [-0.1, -0.05) is 51.1 Å². The first-order valence-electron chi connectivity index (χ1n) is 10.7. The van der Waals surface area contributed by atoms with Gasteiger partial charge in [0.15, 0.2) is 0 Å². The number of nitrogens with one attached hydrogen (secondary N) is 2. The van der Waals surface area contributed by atoms with Crippen molar-refractivity contribution in [2.24, 2.45) is 0 Å². The van der Waals surface area contributed by atoms with Crippen LogP contribution in [0.5, 0.6) is 0 Å². The molecular formula is C25H30N2O3. The van der Waals surface area contributed by atoms with Crippen molar-refractivity contribution in [3.05, 3.63) is 75.2 Å². The van der Waals surface area contributed by atoms with E-state index in [1.165, 1.54) is 5.56 Å². The summed E-state index contributed by atoms with van der Waals surface area (Å²) in [4.78, 5) is 27.4. The molecule has 1 saturated carbocycles. The van der Waals surface area contributed by atoms with Crippen molar-refractivity contribution < 1.29 is 9.90 Å². The molecule has 1 atom stereocenters. The second-order valence-corrected chi connectivity index (χ2v) is 9.62. The van der Waals surface area contributed by atoms with Gasteiger partial charge in [-0.25, -0.2) is 0 Å².